The van der Waals surface area contributed by atoms with Crippen LogP contribution in [-0.2, 0) is 0 Å². The topological polar surface area (TPSA) is 42.4 Å². The Morgan fingerprint density at radius 3 is 2.65 bits per heavy atom. The fourth-order valence-corrected chi connectivity index (χ4v) is 1.82. The average molecular weight is 229 g/mol. The monoisotopic (exact) mass is 229 g/mol. The second-order valence-corrected chi connectivity index (χ2v) is 3.85. The number of aromatic nitrogens is 1. The lowest BCUT2D eigenvalue weighted by Gasteiger charge is -2.15. The smallest absolute Gasteiger partial charge is 0.125 e. The van der Waals surface area contributed by atoms with E-state index < -0.39 is 6.10 Å². The summed E-state index contributed by atoms with van der Waals surface area (Å²) in [6.45, 7) is 1.93. The molecule has 1 N–H and O–H groups in total. The molecule has 0 bridgehead atoms. The Kier molecular flexibility index (Phi) is 3.40. The van der Waals surface area contributed by atoms with E-state index in [-0.39, 0.29) is 0 Å². The molecule has 2 aromatic rings. The Morgan fingerprint density at radius 1 is 1.18 bits per heavy atom. The van der Waals surface area contributed by atoms with Crippen LogP contribution < -0.4 is 4.74 Å². The maximum absolute atomic E-state index is 10.3. The molecular formula is C14H15NO2. The van der Waals surface area contributed by atoms with Gasteiger partial charge in [-0.15, -0.1) is 0 Å². The van der Waals surface area contributed by atoms with Gasteiger partial charge in [-0.2, -0.15) is 0 Å². The summed E-state index contributed by atoms with van der Waals surface area (Å²) in [4.78, 5) is 4.22. The second kappa shape index (κ2) is 4.97. The van der Waals surface area contributed by atoms with Crippen molar-refractivity contribution in [1.82, 2.24) is 4.98 Å². The van der Waals surface area contributed by atoms with Crippen molar-refractivity contribution in [2.24, 2.45) is 0 Å². The normalized spacial score (nSPS) is 12.2. The van der Waals surface area contributed by atoms with Crippen LogP contribution in [0.2, 0.25) is 0 Å². The van der Waals surface area contributed by atoms with Gasteiger partial charge in [-0.3, -0.25) is 4.98 Å². The van der Waals surface area contributed by atoms with E-state index in [1.54, 1.807) is 13.3 Å². The zero-order valence-electron chi connectivity index (χ0n) is 9.92. The molecule has 1 aromatic heterocycles. The molecule has 2 rings (SSSR count). The van der Waals surface area contributed by atoms with Crippen LogP contribution in [0.25, 0.3) is 0 Å². The van der Waals surface area contributed by atoms with Crippen LogP contribution in [0.15, 0.2) is 42.6 Å². The van der Waals surface area contributed by atoms with E-state index in [4.69, 9.17) is 4.74 Å². The van der Waals surface area contributed by atoms with Gasteiger partial charge >= 0.3 is 0 Å². The Morgan fingerprint density at radius 2 is 1.94 bits per heavy atom. The summed E-state index contributed by atoms with van der Waals surface area (Å²) in [6.07, 6.45) is 0.924. The highest BCUT2D eigenvalue weighted by molar-refractivity contribution is 5.40. The first kappa shape index (κ1) is 11.6. The summed E-state index contributed by atoms with van der Waals surface area (Å²) in [5, 5.41) is 10.3. The molecule has 1 heterocycles. The number of benzene rings is 1. The average Bonchev–Trinajstić information content (AvgIpc) is 2.38. The molecule has 3 heteroatoms. The number of pyridine rings is 1. The maximum atomic E-state index is 10.3. The van der Waals surface area contributed by atoms with Crippen LogP contribution in [0.4, 0.5) is 0 Å². The molecule has 17 heavy (non-hydrogen) atoms. The van der Waals surface area contributed by atoms with Crippen LogP contribution in [0, 0.1) is 6.92 Å². The quantitative estimate of drug-likeness (QED) is 0.879. The van der Waals surface area contributed by atoms with E-state index >= 15 is 0 Å². The van der Waals surface area contributed by atoms with E-state index in [1.807, 2.05) is 43.3 Å². The molecule has 0 aliphatic rings. The van der Waals surface area contributed by atoms with Crippen LogP contribution >= 0.6 is 0 Å². The Balaban J connectivity index is 2.44. The van der Waals surface area contributed by atoms with Gasteiger partial charge in [0.25, 0.3) is 0 Å². The number of methoxy groups -OCH3 is 1. The first-order valence-corrected chi connectivity index (χ1v) is 5.46. The predicted octanol–water partition coefficient (Wildman–Crippen LogP) is 2.48. The van der Waals surface area contributed by atoms with Crippen molar-refractivity contribution in [3.8, 4) is 5.75 Å². The molecule has 0 saturated carbocycles. The number of para-hydroxylation sites is 1. The van der Waals surface area contributed by atoms with Crippen LogP contribution in [0.1, 0.15) is 22.9 Å². The van der Waals surface area contributed by atoms with Crippen LogP contribution in [0.3, 0.4) is 0 Å². The highest BCUT2D eigenvalue weighted by Crippen LogP contribution is 2.29. The van der Waals surface area contributed by atoms with Gasteiger partial charge in [0.2, 0.25) is 0 Å². The van der Waals surface area contributed by atoms with Crippen molar-refractivity contribution >= 4 is 0 Å². The number of nitrogens with zero attached hydrogens (tertiary/aromatic N) is 1. The summed E-state index contributed by atoms with van der Waals surface area (Å²) in [6, 6.07) is 11.2. The first-order valence-electron chi connectivity index (χ1n) is 5.46. The zero-order valence-corrected chi connectivity index (χ0v) is 9.92. The minimum atomic E-state index is -0.757. The molecule has 0 radical (unpaired) electrons. The molecule has 1 aromatic carbocycles. The van der Waals surface area contributed by atoms with Gasteiger partial charge in [0.05, 0.1) is 12.8 Å². The van der Waals surface area contributed by atoms with Crippen molar-refractivity contribution in [3.63, 3.8) is 0 Å². The second-order valence-electron chi connectivity index (χ2n) is 3.85. The van der Waals surface area contributed by atoms with Gasteiger partial charge in [-0.1, -0.05) is 24.3 Å². The minimum Gasteiger partial charge on any atom is -0.496 e. The molecule has 0 aliphatic carbocycles. The summed E-state index contributed by atoms with van der Waals surface area (Å²) >= 11 is 0. The van der Waals surface area contributed by atoms with Gasteiger partial charge in [0.1, 0.15) is 11.9 Å². The number of aryl methyl sites for hydroxylation is 1. The zero-order chi connectivity index (χ0) is 12.3. The van der Waals surface area contributed by atoms with Crippen molar-refractivity contribution in [2.75, 3.05) is 7.11 Å². The third kappa shape index (κ3) is 2.29. The molecule has 0 amide bonds. The van der Waals surface area contributed by atoms with E-state index in [9.17, 15) is 5.11 Å². The maximum Gasteiger partial charge on any atom is 0.125 e. The van der Waals surface area contributed by atoms with Crippen molar-refractivity contribution in [2.45, 2.75) is 13.0 Å². The largest absolute Gasteiger partial charge is 0.496 e. The number of rotatable bonds is 3. The van der Waals surface area contributed by atoms with Gasteiger partial charge < -0.3 is 9.84 Å². The number of aliphatic hydroxyl groups excluding tert-OH is 1. The summed E-state index contributed by atoms with van der Waals surface area (Å²) in [5.74, 6) is 0.671. The Hall–Kier alpha value is -1.87. The van der Waals surface area contributed by atoms with Gasteiger partial charge in [0.15, 0.2) is 0 Å². The molecule has 0 saturated heterocycles. The van der Waals surface area contributed by atoms with Gasteiger partial charge in [-0.05, 0) is 24.6 Å². The fraction of sp³-hybridized carbons (Fsp3) is 0.214. The van der Waals surface area contributed by atoms with Crippen molar-refractivity contribution in [3.05, 3.63) is 59.4 Å². The predicted molar refractivity (Wildman–Crippen MR) is 66.0 cm³/mol. The number of hydrogen-bond donors (Lipinski definition) is 1. The number of aliphatic hydroxyl groups is 1. The fourth-order valence-electron chi connectivity index (χ4n) is 1.82. The molecule has 1 unspecified atom stereocenters. The minimum absolute atomic E-state index is 0.664. The van der Waals surface area contributed by atoms with Crippen LogP contribution in [0.5, 0.6) is 5.75 Å². The van der Waals surface area contributed by atoms with Crippen LogP contribution in [-0.4, -0.2) is 17.2 Å². The van der Waals surface area contributed by atoms with E-state index in [0.717, 1.165) is 11.1 Å². The van der Waals surface area contributed by atoms with Crippen molar-refractivity contribution in [1.29, 1.82) is 0 Å². The van der Waals surface area contributed by atoms with E-state index in [2.05, 4.69) is 4.98 Å². The highest BCUT2D eigenvalue weighted by Gasteiger charge is 2.17. The number of ether oxygens (including phenoxy) is 1. The Labute approximate surface area is 101 Å². The van der Waals surface area contributed by atoms with Gasteiger partial charge in [0, 0.05) is 11.8 Å². The molecule has 0 aliphatic heterocycles. The first-order chi connectivity index (χ1) is 8.24. The summed E-state index contributed by atoms with van der Waals surface area (Å²) < 4.78 is 5.24. The van der Waals surface area contributed by atoms with E-state index in [0.29, 0.717) is 11.4 Å². The lowest BCUT2D eigenvalue weighted by atomic mass is 10.0. The number of hydrogen-bond acceptors (Lipinski definition) is 3. The molecule has 0 spiro atoms. The molecule has 88 valence electrons. The van der Waals surface area contributed by atoms with E-state index in [1.165, 1.54) is 0 Å². The SMILES string of the molecule is COc1ccccc1C(O)c1ncccc1C. The lowest BCUT2D eigenvalue weighted by molar-refractivity contribution is 0.209. The standard InChI is InChI=1S/C14H15NO2/c1-10-6-5-9-15-13(10)14(16)11-7-3-4-8-12(11)17-2/h3-9,14,16H,1-2H3. The summed E-state index contributed by atoms with van der Waals surface area (Å²) in [5.41, 5.74) is 2.36. The summed E-state index contributed by atoms with van der Waals surface area (Å²) in [7, 11) is 1.59. The highest BCUT2D eigenvalue weighted by atomic mass is 16.5. The molecule has 0 fully saturated rings. The molecule has 3 nitrogen and oxygen atoms in total. The van der Waals surface area contributed by atoms with Crippen molar-refractivity contribution < 1.29 is 9.84 Å². The third-order valence-corrected chi connectivity index (χ3v) is 2.74. The lowest BCUT2D eigenvalue weighted by Crippen LogP contribution is -2.06. The molecular weight excluding hydrogens is 214 g/mol. The van der Waals surface area contributed by atoms with Gasteiger partial charge in [-0.25, -0.2) is 0 Å². The molecule has 1 atom stereocenters. The third-order valence-electron chi connectivity index (χ3n) is 2.74. The Bertz CT molecular complexity index is 511.